The molecule has 1 unspecified atom stereocenters. The van der Waals surface area contributed by atoms with Gasteiger partial charge in [0.1, 0.15) is 12.4 Å². The van der Waals surface area contributed by atoms with Crippen LogP contribution in [0.5, 0.6) is 0 Å². The molecule has 0 radical (unpaired) electrons. The van der Waals surface area contributed by atoms with Crippen LogP contribution in [0.2, 0.25) is 0 Å². The lowest BCUT2D eigenvalue weighted by atomic mass is 9.87. The molecule has 1 aromatic carbocycles. The van der Waals surface area contributed by atoms with Gasteiger partial charge in [0.15, 0.2) is 5.76 Å². The number of aryl methyl sites for hydroxylation is 1. The molecule has 0 saturated carbocycles. The maximum Gasteiger partial charge on any atom is 0.287 e. The highest BCUT2D eigenvalue weighted by Crippen LogP contribution is 2.31. The smallest absolute Gasteiger partial charge is 0.287 e. The number of benzene rings is 1. The van der Waals surface area contributed by atoms with Crippen molar-refractivity contribution in [3.8, 4) is 0 Å². The van der Waals surface area contributed by atoms with Crippen LogP contribution < -0.4 is 11.1 Å². The summed E-state index contributed by atoms with van der Waals surface area (Å²) in [5, 5.41) is 3.05. The Labute approximate surface area is 129 Å². The van der Waals surface area contributed by atoms with E-state index >= 15 is 0 Å². The van der Waals surface area contributed by atoms with Crippen molar-refractivity contribution in [3.05, 3.63) is 53.0 Å². The molecule has 1 aromatic heterocycles. The van der Waals surface area contributed by atoms with Gasteiger partial charge < -0.3 is 20.2 Å². The third-order valence-electron chi connectivity index (χ3n) is 3.96. The summed E-state index contributed by atoms with van der Waals surface area (Å²) in [4.78, 5) is 12.3. The molecule has 5 heteroatoms. The lowest BCUT2D eigenvalue weighted by molar-refractivity contribution is 0.0896. The van der Waals surface area contributed by atoms with E-state index in [9.17, 15) is 4.79 Å². The van der Waals surface area contributed by atoms with E-state index in [0.29, 0.717) is 18.1 Å². The Hall–Kier alpha value is -2.27. The van der Waals surface area contributed by atoms with Gasteiger partial charge in [0, 0.05) is 12.8 Å². The van der Waals surface area contributed by atoms with Crippen LogP contribution in [0.25, 0.3) is 0 Å². The van der Waals surface area contributed by atoms with Crippen LogP contribution in [0, 0.1) is 0 Å². The van der Waals surface area contributed by atoms with Gasteiger partial charge in [0.2, 0.25) is 0 Å². The van der Waals surface area contributed by atoms with Crippen LogP contribution in [0.3, 0.4) is 0 Å². The molecular weight excluding hydrogens is 280 g/mol. The van der Waals surface area contributed by atoms with Gasteiger partial charge in [-0.15, -0.1) is 0 Å². The molecule has 1 amide bonds. The Kier molecular flexibility index (Phi) is 4.15. The van der Waals surface area contributed by atoms with E-state index in [2.05, 4.69) is 5.32 Å². The summed E-state index contributed by atoms with van der Waals surface area (Å²) in [5.41, 5.74) is 8.97. The Balaban J connectivity index is 1.74. The SMILES string of the molecule is COCc1ccc(C(=O)NC2CCCc3cc(N)ccc32)o1. The number of ether oxygens (including phenoxy) is 1. The van der Waals surface area contributed by atoms with E-state index in [1.165, 1.54) is 5.56 Å². The first kappa shape index (κ1) is 14.7. The Morgan fingerprint density at radius 2 is 2.27 bits per heavy atom. The number of amides is 1. The van der Waals surface area contributed by atoms with Gasteiger partial charge in [0.05, 0.1) is 6.04 Å². The van der Waals surface area contributed by atoms with Crippen LogP contribution in [-0.4, -0.2) is 13.0 Å². The zero-order chi connectivity index (χ0) is 15.5. The number of hydrogen-bond donors (Lipinski definition) is 2. The molecule has 22 heavy (non-hydrogen) atoms. The average Bonchev–Trinajstić information content (AvgIpc) is 2.96. The first-order valence-corrected chi connectivity index (χ1v) is 7.44. The monoisotopic (exact) mass is 300 g/mol. The molecule has 1 aliphatic carbocycles. The number of carbonyl (C=O) groups is 1. The van der Waals surface area contributed by atoms with Gasteiger partial charge >= 0.3 is 0 Å². The maximum atomic E-state index is 12.3. The Bertz CT molecular complexity index is 678. The predicted octanol–water partition coefficient (Wildman–Crippen LogP) is 2.82. The molecule has 3 rings (SSSR count). The summed E-state index contributed by atoms with van der Waals surface area (Å²) in [6, 6.07) is 9.33. The fourth-order valence-corrected chi connectivity index (χ4v) is 2.93. The number of anilines is 1. The van der Waals surface area contributed by atoms with E-state index in [4.69, 9.17) is 14.9 Å². The molecule has 116 valence electrons. The fraction of sp³-hybridized carbons (Fsp3) is 0.353. The van der Waals surface area contributed by atoms with E-state index in [0.717, 1.165) is 30.5 Å². The number of nitrogens with two attached hydrogens (primary N) is 1. The van der Waals surface area contributed by atoms with E-state index in [-0.39, 0.29) is 11.9 Å². The number of carbonyl (C=O) groups excluding carboxylic acids is 1. The van der Waals surface area contributed by atoms with Gasteiger partial charge in [-0.2, -0.15) is 0 Å². The molecule has 1 heterocycles. The van der Waals surface area contributed by atoms with Crippen molar-refractivity contribution in [2.75, 3.05) is 12.8 Å². The second-order valence-corrected chi connectivity index (χ2v) is 5.58. The topological polar surface area (TPSA) is 77.5 Å². The van der Waals surface area contributed by atoms with Gasteiger partial charge in [-0.1, -0.05) is 6.07 Å². The van der Waals surface area contributed by atoms with Crippen molar-refractivity contribution in [3.63, 3.8) is 0 Å². The lowest BCUT2D eigenvalue weighted by Crippen LogP contribution is -2.30. The molecule has 0 fully saturated rings. The first-order chi connectivity index (χ1) is 10.7. The lowest BCUT2D eigenvalue weighted by Gasteiger charge is -2.26. The van der Waals surface area contributed by atoms with Crippen LogP contribution in [0.4, 0.5) is 5.69 Å². The van der Waals surface area contributed by atoms with Crippen LogP contribution in [0.1, 0.15) is 46.3 Å². The summed E-state index contributed by atoms with van der Waals surface area (Å²) < 4.78 is 10.5. The third-order valence-corrected chi connectivity index (χ3v) is 3.96. The van der Waals surface area contributed by atoms with E-state index in [1.54, 1.807) is 19.2 Å². The number of nitrogens with one attached hydrogen (secondary N) is 1. The highest BCUT2D eigenvalue weighted by molar-refractivity contribution is 5.91. The molecule has 1 aliphatic rings. The van der Waals surface area contributed by atoms with Crippen molar-refractivity contribution in [2.24, 2.45) is 0 Å². The van der Waals surface area contributed by atoms with Crippen LogP contribution in [0.15, 0.2) is 34.7 Å². The zero-order valence-electron chi connectivity index (χ0n) is 12.6. The van der Waals surface area contributed by atoms with E-state index < -0.39 is 0 Å². The van der Waals surface area contributed by atoms with E-state index in [1.807, 2.05) is 18.2 Å². The van der Waals surface area contributed by atoms with Crippen molar-refractivity contribution < 1.29 is 13.9 Å². The quantitative estimate of drug-likeness (QED) is 0.851. The van der Waals surface area contributed by atoms with Gasteiger partial charge in [0.25, 0.3) is 5.91 Å². The fourth-order valence-electron chi connectivity index (χ4n) is 2.93. The minimum Gasteiger partial charge on any atom is -0.453 e. The standard InChI is InChI=1S/C17H20N2O3/c1-21-10-13-6-8-16(22-13)17(20)19-15-4-2-3-11-9-12(18)5-7-14(11)15/h5-9,15H,2-4,10,18H2,1H3,(H,19,20). The average molecular weight is 300 g/mol. The molecule has 0 aliphatic heterocycles. The summed E-state index contributed by atoms with van der Waals surface area (Å²) in [6.07, 6.45) is 2.97. The normalized spacial score (nSPS) is 17.0. The number of furan rings is 1. The molecular formula is C17H20N2O3. The van der Waals surface area contributed by atoms with Crippen molar-refractivity contribution in [1.82, 2.24) is 5.32 Å². The minimum atomic E-state index is -0.197. The molecule has 0 saturated heterocycles. The molecule has 0 spiro atoms. The molecule has 3 N–H and O–H groups in total. The Morgan fingerprint density at radius 3 is 3.09 bits per heavy atom. The summed E-state index contributed by atoms with van der Waals surface area (Å²) in [6.45, 7) is 0.360. The van der Waals surface area contributed by atoms with Gasteiger partial charge in [-0.3, -0.25) is 4.79 Å². The number of methoxy groups -OCH3 is 1. The predicted molar refractivity (Wildman–Crippen MR) is 83.4 cm³/mol. The van der Waals surface area contributed by atoms with Crippen LogP contribution in [-0.2, 0) is 17.8 Å². The van der Waals surface area contributed by atoms with Crippen molar-refractivity contribution in [1.29, 1.82) is 0 Å². The van der Waals surface area contributed by atoms with Crippen molar-refractivity contribution in [2.45, 2.75) is 31.9 Å². The second kappa shape index (κ2) is 6.23. The molecule has 2 aromatic rings. The van der Waals surface area contributed by atoms with Crippen molar-refractivity contribution >= 4 is 11.6 Å². The zero-order valence-corrected chi connectivity index (χ0v) is 12.6. The van der Waals surface area contributed by atoms with Gasteiger partial charge in [-0.05, 0) is 54.7 Å². The second-order valence-electron chi connectivity index (χ2n) is 5.58. The largest absolute Gasteiger partial charge is 0.453 e. The maximum absolute atomic E-state index is 12.3. The molecule has 0 bridgehead atoms. The summed E-state index contributed by atoms with van der Waals surface area (Å²) in [7, 11) is 1.59. The minimum absolute atomic E-state index is 0.00725. The van der Waals surface area contributed by atoms with Gasteiger partial charge in [-0.25, -0.2) is 0 Å². The highest BCUT2D eigenvalue weighted by atomic mass is 16.5. The van der Waals surface area contributed by atoms with Crippen LogP contribution >= 0.6 is 0 Å². The first-order valence-electron chi connectivity index (χ1n) is 7.44. The number of hydrogen-bond acceptors (Lipinski definition) is 4. The molecule has 1 atom stereocenters. The molecule has 5 nitrogen and oxygen atoms in total. The Morgan fingerprint density at radius 1 is 1.41 bits per heavy atom. The summed E-state index contributed by atoms with van der Waals surface area (Å²) >= 11 is 0. The third kappa shape index (κ3) is 2.99. The number of fused-ring (bicyclic) bond motifs is 1. The number of rotatable bonds is 4. The summed E-state index contributed by atoms with van der Waals surface area (Å²) in [5.74, 6) is 0.760. The number of nitrogen functional groups attached to an aromatic ring is 1. The highest BCUT2D eigenvalue weighted by Gasteiger charge is 2.23.